The van der Waals surface area contributed by atoms with E-state index in [9.17, 15) is 0 Å². The largest absolute Gasteiger partial charge is 0.377 e. The SMILES string of the molecule is CN=C(NCCCc1ccc(C(C)C)cc1)NC1CCN(CCOC(C)C)CC1.I. The van der Waals surface area contributed by atoms with E-state index in [2.05, 4.69) is 72.5 Å². The van der Waals surface area contributed by atoms with Crippen LogP contribution >= 0.6 is 24.0 Å². The molecule has 0 bridgehead atoms. The molecule has 5 nitrogen and oxygen atoms in total. The minimum Gasteiger partial charge on any atom is -0.377 e. The van der Waals surface area contributed by atoms with E-state index in [1.165, 1.54) is 11.1 Å². The van der Waals surface area contributed by atoms with Crippen LogP contribution in [0.1, 0.15) is 64.0 Å². The summed E-state index contributed by atoms with van der Waals surface area (Å²) in [6.07, 6.45) is 4.84. The molecule has 2 N–H and O–H groups in total. The number of guanidine groups is 1. The molecule has 172 valence electrons. The number of piperidine rings is 1. The maximum Gasteiger partial charge on any atom is 0.191 e. The van der Waals surface area contributed by atoms with Gasteiger partial charge in [0.05, 0.1) is 12.7 Å². The van der Waals surface area contributed by atoms with E-state index in [-0.39, 0.29) is 24.0 Å². The van der Waals surface area contributed by atoms with Gasteiger partial charge in [-0.1, -0.05) is 38.1 Å². The number of aliphatic imine (C=N–C) groups is 1. The minimum absolute atomic E-state index is 0. The van der Waals surface area contributed by atoms with E-state index in [1.807, 2.05) is 7.05 Å². The fraction of sp³-hybridized carbons (Fsp3) is 0.708. The second-order valence-corrected chi connectivity index (χ2v) is 8.68. The van der Waals surface area contributed by atoms with Crippen molar-refractivity contribution in [3.8, 4) is 0 Å². The van der Waals surface area contributed by atoms with Crippen LogP contribution in [0.25, 0.3) is 0 Å². The maximum atomic E-state index is 5.67. The van der Waals surface area contributed by atoms with E-state index < -0.39 is 0 Å². The molecule has 0 aromatic heterocycles. The highest BCUT2D eigenvalue weighted by molar-refractivity contribution is 14.0. The first kappa shape index (κ1) is 27.2. The molecule has 0 amide bonds. The van der Waals surface area contributed by atoms with Gasteiger partial charge >= 0.3 is 0 Å². The summed E-state index contributed by atoms with van der Waals surface area (Å²) in [4.78, 5) is 6.91. The van der Waals surface area contributed by atoms with Gasteiger partial charge in [0.15, 0.2) is 5.96 Å². The van der Waals surface area contributed by atoms with Crippen LogP contribution in [-0.4, -0.2) is 62.8 Å². The van der Waals surface area contributed by atoms with Crippen LogP contribution in [0.3, 0.4) is 0 Å². The zero-order valence-electron chi connectivity index (χ0n) is 19.6. The van der Waals surface area contributed by atoms with Crippen molar-refractivity contribution in [2.75, 3.05) is 39.8 Å². The molecule has 1 heterocycles. The quantitative estimate of drug-likeness (QED) is 0.204. The molecule has 2 rings (SSSR count). The summed E-state index contributed by atoms with van der Waals surface area (Å²) in [6, 6.07) is 9.56. The number of likely N-dealkylation sites (tertiary alicyclic amines) is 1. The molecule has 1 aliphatic heterocycles. The first-order valence-electron chi connectivity index (χ1n) is 11.4. The summed E-state index contributed by atoms with van der Waals surface area (Å²) in [5, 5.41) is 7.08. The van der Waals surface area contributed by atoms with Gasteiger partial charge in [0.2, 0.25) is 0 Å². The third-order valence-electron chi connectivity index (χ3n) is 5.59. The van der Waals surface area contributed by atoms with E-state index in [0.29, 0.717) is 18.1 Å². The number of rotatable bonds is 10. The zero-order valence-corrected chi connectivity index (χ0v) is 21.9. The number of halogens is 1. The lowest BCUT2D eigenvalue weighted by molar-refractivity contribution is 0.0532. The van der Waals surface area contributed by atoms with Gasteiger partial charge in [-0.05, 0) is 56.6 Å². The molecule has 0 radical (unpaired) electrons. The molecule has 1 saturated heterocycles. The summed E-state index contributed by atoms with van der Waals surface area (Å²) in [6.45, 7) is 13.7. The van der Waals surface area contributed by atoms with Gasteiger partial charge in [0.1, 0.15) is 0 Å². The molecule has 30 heavy (non-hydrogen) atoms. The lowest BCUT2D eigenvalue weighted by atomic mass is 10.0. The van der Waals surface area contributed by atoms with Crippen molar-refractivity contribution in [1.29, 1.82) is 0 Å². The summed E-state index contributed by atoms with van der Waals surface area (Å²) < 4.78 is 5.67. The smallest absolute Gasteiger partial charge is 0.191 e. The zero-order chi connectivity index (χ0) is 21.1. The van der Waals surface area contributed by atoms with Gasteiger partial charge in [0, 0.05) is 39.3 Å². The molecule has 1 aliphatic rings. The Morgan fingerprint density at radius 3 is 2.37 bits per heavy atom. The Labute approximate surface area is 201 Å². The monoisotopic (exact) mass is 530 g/mol. The normalized spacial score (nSPS) is 16.0. The highest BCUT2D eigenvalue weighted by Crippen LogP contribution is 2.15. The second-order valence-electron chi connectivity index (χ2n) is 8.68. The van der Waals surface area contributed by atoms with Gasteiger partial charge in [0.25, 0.3) is 0 Å². The maximum absolute atomic E-state index is 5.67. The van der Waals surface area contributed by atoms with Gasteiger partial charge in [-0.2, -0.15) is 0 Å². The average molecular weight is 531 g/mol. The van der Waals surface area contributed by atoms with Crippen molar-refractivity contribution in [3.63, 3.8) is 0 Å². The number of benzene rings is 1. The van der Waals surface area contributed by atoms with Crippen LogP contribution in [0.2, 0.25) is 0 Å². The van der Waals surface area contributed by atoms with Crippen LogP contribution in [0, 0.1) is 0 Å². The molecule has 6 heteroatoms. The minimum atomic E-state index is 0. The Balaban J connectivity index is 0.00000450. The van der Waals surface area contributed by atoms with Gasteiger partial charge < -0.3 is 20.3 Å². The molecular weight excluding hydrogens is 487 g/mol. The molecule has 0 unspecified atom stereocenters. The third kappa shape index (κ3) is 10.4. The van der Waals surface area contributed by atoms with Crippen LogP contribution in [0.5, 0.6) is 0 Å². The highest BCUT2D eigenvalue weighted by Gasteiger charge is 2.19. The predicted molar refractivity (Wildman–Crippen MR) is 139 cm³/mol. The topological polar surface area (TPSA) is 48.9 Å². The second kappa shape index (κ2) is 15.0. The number of hydrogen-bond acceptors (Lipinski definition) is 3. The van der Waals surface area contributed by atoms with Crippen LogP contribution in [0.15, 0.2) is 29.3 Å². The van der Waals surface area contributed by atoms with Gasteiger partial charge in [-0.3, -0.25) is 4.99 Å². The number of hydrogen-bond donors (Lipinski definition) is 2. The number of aryl methyl sites for hydroxylation is 1. The van der Waals surface area contributed by atoms with Crippen molar-refractivity contribution < 1.29 is 4.74 Å². The summed E-state index contributed by atoms with van der Waals surface area (Å²) in [7, 11) is 1.86. The number of ether oxygens (including phenoxy) is 1. The van der Waals surface area contributed by atoms with Crippen molar-refractivity contribution in [1.82, 2.24) is 15.5 Å². The average Bonchev–Trinajstić information content (AvgIpc) is 2.71. The summed E-state index contributed by atoms with van der Waals surface area (Å²) in [5.74, 6) is 1.53. The van der Waals surface area contributed by atoms with E-state index >= 15 is 0 Å². The summed E-state index contributed by atoms with van der Waals surface area (Å²) in [5.41, 5.74) is 2.82. The van der Waals surface area contributed by atoms with E-state index in [4.69, 9.17) is 4.74 Å². The van der Waals surface area contributed by atoms with Crippen LogP contribution in [0.4, 0.5) is 0 Å². The Bertz CT molecular complexity index is 596. The lowest BCUT2D eigenvalue weighted by Gasteiger charge is -2.33. The van der Waals surface area contributed by atoms with Crippen LogP contribution < -0.4 is 10.6 Å². The standard InChI is InChI=1S/C24H42N4O.HI/c1-19(2)22-10-8-21(9-11-22)7-6-14-26-24(25-5)27-23-12-15-28(16-13-23)17-18-29-20(3)4;/h8-11,19-20,23H,6-7,12-18H2,1-5H3,(H2,25,26,27);1H. The lowest BCUT2D eigenvalue weighted by Crippen LogP contribution is -2.49. The first-order chi connectivity index (χ1) is 14.0. The molecular formula is C24H43IN4O. The predicted octanol–water partition coefficient (Wildman–Crippen LogP) is 4.42. The van der Waals surface area contributed by atoms with E-state index in [0.717, 1.165) is 64.4 Å². The number of nitrogens with zero attached hydrogens (tertiary/aromatic N) is 2. The molecule has 1 aromatic rings. The van der Waals surface area contributed by atoms with Gasteiger partial charge in [-0.15, -0.1) is 24.0 Å². The van der Waals surface area contributed by atoms with Crippen LogP contribution in [-0.2, 0) is 11.2 Å². The molecule has 0 spiro atoms. The molecule has 0 aliphatic carbocycles. The van der Waals surface area contributed by atoms with Gasteiger partial charge in [-0.25, -0.2) is 0 Å². The van der Waals surface area contributed by atoms with E-state index in [1.54, 1.807) is 0 Å². The Morgan fingerprint density at radius 1 is 1.13 bits per heavy atom. The fourth-order valence-electron chi connectivity index (χ4n) is 3.67. The van der Waals surface area contributed by atoms with Crippen molar-refractivity contribution in [2.24, 2.45) is 4.99 Å². The fourth-order valence-corrected chi connectivity index (χ4v) is 3.67. The molecule has 1 aromatic carbocycles. The third-order valence-corrected chi connectivity index (χ3v) is 5.59. The Morgan fingerprint density at radius 2 is 1.80 bits per heavy atom. The molecule has 0 saturated carbocycles. The highest BCUT2D eigenvalue weighted by atomic mass is 127. The van der Waals surface area contributed by atoms with Crippen molar-refractivity contribution >= 4 is 29.9 Å². The first-order valence-corrected chi connectivity index (χ1v) is 11.4. The van der Waals surface area contributed by atoms with Crippen molar-refractivity contribution in [3.05, 3.63) is 35.4 Å². The Hall–Kier alpha value is -0.860. The molecule has 1 fully saturated rings. The Kier molecular flexibility index (Phi) is 13.6. The summed E-state index contributed by atoms with van der Waals surface area (Å²) >= 11 is 0. The molecule has 0 atom stereocenters. The van der Waals surface area contributed by atoms with Crippen molar-refractivity contribution in [2.45, 2.75) is 71.4 Å². The number of nitrogens with one attached hydrogen (secondary N) is 2.